The van der Waals surface area contributed by atoms with Gasteiger partial charge in [-0.2, -0.15) is 0 Å². The molecule has 2 aromatic carbocycles. The van der Waals surface area contributed by atoms with Gasteiger partial charge in [0, 0.05) is 0 Å². The Morgan fingerprint density at radius 3 is 2.03 bits per heavy atom. The van der Waals surface area contributed by atoms with Crippen molar-refractivity contribution in [3.8, 4) is 0 Å². The monoisotopic (exact) mass is 474 g/mol. The summed E-state index contributed by atoms with van der Waals surface area (Å²) in [6, 6.07) is 19.3. The molecule has 0 amide bonds. The lowest BCUT2D eigenvalue weighted by Gasteiger charge is -2.29. The maximum atomic E-state index is 12.2. The second kappa shape index (κ2) is 12.9. The Kier molecular flexibility index (Phi) is 10.7. The lowest BCUT2D eigenvalue weighted by Crippen LogP contribution is -2.38. The topological polar surface area (TPSA) is 58.2 Å². The summed E-state index contributed by atoms with van der Waals surface area (Å²) in [5.74, 6) is 0. The third-order valence-corrected chi connectivity index (χ3v) is 6.34. The van der Waals surface area contributed by atoms with Crippen LogP contribution < -0.4 is 10.0 Å². The highest BCUT2D eigenvalue weighted by Gasteiger charge is 2.27. The number of unbranched alkanes of at least 4 members (excludes halogenated alkanes) is 1. The van der Waals surface area contributed by atoms with Gasteiger partial charge in [-0.3, -0.25) is 0 Å². The van der Waals surface area contributed by atoms with Crippen molar-refractivity contribution >= 4 is 22.4 Å². The first-order valence-corrected chi connectivity index (χ1v) is 13.0. The molecule has 0 fully saturated rings. The van der Waals surface area contributed by atoms with Gasteiger partial charge in [0.15, 0.2) is 0 Å². The Hall–Kier alpha value is -1.92. The van der Waals surface area contributed by atoms with Crippen LogP contribution in [-0.4, -0.2) is 21.2 Å². The highest BCUT2D eigenvalue weighted by atomic mass is 35.5. The van der Waals surface area contributed by atoms with Crippen molar-refractivity contribution in [2.24, 2.45) is 0 Å². The highest BCUT2D eigenvalue weighted by Crippen LogP contribution is 2.30. The van der Waals surface area contributed by atoms with E-state index in [9.17, 15) is 8.42 Å². The zero-order valence-corrected chi connectivity index (χ0v) is 20.6. The van der Waals surface area contributed by atoms with Crippen LogP contribution in [0.25, 0.3) is 0 Å². The van der Waals surface area contributed by atoms with Gasteiger partial charge in [0.05, 0.1) is 18.3 Å². The molecule has 2 N–H and O–H groups in total. The first-order chi connectivity index (χ1) is 14.9. The normalized spacial score (nSPS) is 15.8. The summed E-state index contributed by atoms with van der Waals surface area (Å²) >= 11 is 0. The number of halogens is 1. The molecule has 174 valence electrons. The SMILES string of the molecule is CC1=CCC=C(CCCCN[C@H](c2ccccc2)[C@@H](NS(C)(=O)=O)c2ccccc2)C1.Cl. The zero-order valence-electron chi connectivity index (χ0n) is 19.0. The largest absolute Gasteiger partial charge is 0.308 e. The van der Waals surface area contributed by atoms with Crippen molar-refractivity contribution in [3.63, 3.8) is 0 Å². The van der Waals surface area contributed by atoms with E-state index in [4.69, 9.17) is 0 Å². The fourth-order valence-electron chi connectivity index (χ4n) is 4.16. The van der Waals surface area contributed by atoms with Gasteiger partial charge in [0.25, 0.3) is 0 Å². The number of nitrogens with one attached hydrogen (secondary N) is 2. The first kappa shape index (κ1) is 26.3. The van der Waals surface area contributed by atoms with Crippen LogP contribution >= 0.6 is 12.4 Å². The summed E-state index contributed by atoms with van der Waals surface area (Å²) in [5, 5.41) is 3.65. The molecule has 2 aromatic rings. The minimum absolute atomic E-state index is 0. The maximum absolute atomic E-state index is 12.2. The average molecular weight is 475 g/mol. The Morgan fingerprint density at radius 1 is 0.875 bits per heavy atom. The second-order valence-electron chi connectivity index (χ2n) is 8.40. The molecule has 4 nitrogen and oxygen atoms in total. The molecule has 0 saturated heterocycles. The summed E-state index contributed by atoms with van der Waals surface area (Å²) in [7, 11) is -3.38. The molecule has 2 atom stereocenters. The van der Waals surface area contributed by atoms with Crippen LogP contribution in [0.15, 0.2) is 84.0 Å². The van der Waals surface area contributed by atoms with Crippen LogP contribution in [0.2, 0.25) is 0 Å². The van der Waals surface area contributed by atoms with Crippen molar-refractivity contribution in [3.05, 3.63) is 95.1 Å². The van der Waals surface area contributed by atoms with E-state index in [1.54, 1.807) is 5.57 Å². The summed E-state index contributed by atoms with van der Waals surface area (Å²) in [4.78, 5) is 0. The van der Waals surface area contributed by atoms with Gasteiger partial charge in [-0.1, -0.05) is 84.0 Å². The van der Waals surface area contributed by atoms with E-state index in [0.717, 1.165) is 49.8 Å². The molecule has 0 unspecified atom stereocenters. The molecule has 0 aliphatic heterocycles. The molecular formula is C26H35ClN2O2S. The van der Waals surface area contributed by atoms with Crippen molar-refractivity contribution < 1.29 is 8.42 Å². The average Bonchev–Trinajstić information content (AvgIpc) is 2.75. The van der Waals surface area contributed by atoms with Gasteiger partial charge in [0.2, 0.25) is 10.0 Å². The number of rotatable bonds is 11. The molecule has 0 radical (unpaired) electrons. The van der Waals surface area contributed by atoms with Gasteiger partial charge in [-0.25, -0.2) is 13.1 Å². The molecule has 0 saturated carbocycles. The Labute approximate surface area is 199 Å². The van der Waals surface area contributed by atoms with Gasteiger partial charge in [0.1, 0.15) is 0 Å². The van der Waals surface area contributed by atoms with Crippen LogP contribution in [0, 0.1) is 0 Å². The van der Waals surface area contributed by atoms with Crippen LogP contribution in [0.3, 0.4) is 0 Å². The van der Waals surface area contributed by atoms with Crippen LogP contribution in [0.5, 0.6) is 0 Å². The quantitative estimate of drug-likeness (QED) is 0.316. The molecule has 3 rings (SSSR count). The second-order valence-corrected chi connectivity index (χ2v) is 10.2. The number of hydrogen-bond acceptors (Lipinski definition) is 3. The van der Waals surface area contributed by atoms with Crippen LogP contribution in [0.1, 0.15) is 62.2 Å². The fraction of sp³-hybridized carbons (Fsp3) is 0.385. The molecule has 0 heterocycles. The summed E-state index contributed by atoms with van der Waals surface area (Å²) in [6.07, 6.45) is 11.3. The van der Waals surface area contributed by atoms with Gasteiger partial charge in [-0.05, 0) is 56.7 Å². The molecule has 0 bridgehead atoms. The first-order valence-electron chi connectivity index (χ1n) is 11.1. The highest BCUT2D eigenvalue weighted by molar-refractivity contribution is 7.88. The van der Waals surface area contributed by atoms with E-state index < -0.39 is 10.0 Å². The Bertz CT molecular complexity index is 989. The minimum Gasteiger partial charge on any atom is -0.308 e. The molecule has 6 heteroatoms. The van der Waals surface area contributed by atoms with Crippen molar-refractivity contribution in [2.75, 3.05) is 12.8 Å². The third-order valence-electron chi connectivity index (χ3n) is 5.66. The number of hydrogen-bond donors (Lipinski definition) is 2. The van der Waals surface area contributed by atoms with E-state index in [1.807, 2.05) is 48.5 Å². The van der Waals surface area contributed by atoms with Crippen molar-refractivity contribution in [2.45, 2.75) is 51.1 Å². The van der Waals surface area contributed by atoms with Gasteiger partial charge < -0.3 is 5.32 Å². The molecule has 32 heavy (non-hydrogen) atoms. The Balaban J connectivity index is 0.00000363. The Morgan fingerprint density at radius 2 is 1.47 bits per heavy atom. The molecular weight excluding hydrogens is 440 g/mol. The molecule has 0 spiro atoms. The van der Waals surface area contributed by atoms with Crippen molar-refractivity contribution in [1.29, 1.82) is 0 Å². The lowest BCUT2D eigenvalue weighted by molar-refractivity contribution is 0.418. The summed E-state index contributed by atoms with van der Waals surface area (Å²) in [6.45, 7) is 3.04. The van der Waals surface area contributed by atoms with E-state index in [-0.39, 0.29) is 24.5 Å². The summed E-state index contributed by atoms with van der Waals surface area (Å²) < 4.78 is 27.2. The maximum Gasteiger partial charge on any atom is 0.209 e. The zero-order chi connectivity index (χ0) is 22.1. The standard InChI is InChI=1S/C26H34N2O2S.ClH/c1-21-12-11-14-22(20-21)13-9-10-19-27-25(23-15-5-3-6-16-23)26(28-31(2,29)30)24-17-7-4-8-18-24;/h3-8,12,14-18,25-28H,9-11,13,19-20H2,1-2H3;1H/t25-,26+;/m1./s1. The predicted octanol–water partition coefficient (Wildman–Crippen LogP) is 5.87. The minimum atomic E-state index is -3.38. The third kappa shape index (κ3) is 8.55. The molecule has 1 aliphatic rings. The van der Waals surface area contributed by atoms with E-state index in [2.05, 4.69) is 41.2 Å². The van der Waals surface area contributed by atoms with E-state index in [0.29, 0.717) is 0 Å². The lowest BCUT2D eigenvalue weighted by atomic mass is 9.93. The fourth-order valence-corrected chi connectivity index (χ4v) is 4.90. The van der Waals surface area contributed by atoms with E-state index >= 15 is 0 Å². The van der Waals surface area contributed by atoms with Gasteiger partial charge in [-0.15, -0.1) is 12.4 Å². The number of allylic oxidation sites excluding steroid dienone is 4. The smallest absolute Gasteiger partial charge is 0.209 e. The molecule has 0 aromatic heterocycles. The van der Waals surface area contributed by atoms with E-state index in [1.165, 1.54) is 11.8 Å². The number of benzene rings is 2. The van der Waals surface area contributed by atoms with Gasteiger partial charge >= 0.3 is 0 Å². The predicted molar refractivity (Wildman–Crippen MR) is 137 cm³/mol. The molecule has 1 aliphatic carbocycles. The number of sulfonamides is 1. The summed E-state index contributed by atoms with van der Waals surface area (Å²) in [5.41, 5.74) is 5.03. The van der Waals surface area contributed by atoms with Crippen LogP contribution in [-0.2, 0) is 10.0 Å². The van der Waals surface area contributed by atoms with Crippen LogP contribution in [0.4, 0.5) is 0 Å². The van der Waals surface area contributed by atoms with Crippen molar-refractivity contribution in [1.82, 2.24) is 10.0 Å².